The molecule has 1 aliphatic rings. The molecule has 0 fully saturated rings. The molecule has 0 aromatic heterocycles. The molecule has 0 bridgehead atoms. The van der Waals surface area contributed by atoms with Crippen LogP contribution in [0.5, 0.6) is 0 Å². The van der Waals surface area contributed by atoms with Crippen LogP contribution in [0.15, 0.2) is 132 Å². The summed E-state index contributed by atoms with van der Waals surface area (Å²) in [6.45, 7) is 1.84. The maximum Gasteiger partial charge on any atom is 1.00 e. The van der Waals surface area contributed by atoms with E-state index in [0.717, 1.165) is 22.8 Å². The van der Waals surface area contributed by atoms with Crippen molar-refractivity contribution in [3.05, 3.63) is 119 Å². The summed E-state index contributed by atoms with van der Waals surface area (Å²) in [7, 11) is -10.6. The summed E-state index contributed by atoms with van der Waals surface area (Å²) in [5, 5.41) is 20.3. The van der Waals surface area contributed by atoms with Crippen molar-refractivity contribution in [1.29, 1.82) is 0 Å². The van der Waals surface area contributed by atoms with E-state index < -0.39 is 64.0 Å². The van der Waals surface area contributed by atoms with Gasteiger partial charge in [-0.1, -0.05) is 42.5 Å². The third kappa shape index (κ3) is 9.80. The average Bonchev–Trinajstić information content (AvgIpc) is 3.11. The number of rotatable bonds is 9. The first-order valence-corrected chi connectivity index (χ1v) is 18.1. The molecule has 16 nitrogen and oxygen atoms in total. The number of ketones is 1. The summed E-state index contributed by atoms with van der Waals surface area (Å²) in [5.41, 5.74) is 22.7. The van der Waals surface area contributed by atoms with Crippen molar-refractivity contribution in [2.24, 2.45) is 25.6 Å². The van der Waals surface area contributed by atoms with Gasteiger partial charge in [0.2, 0.25) is 5.78 Å². The van der Waals surface area contributed by atoms with Crippen LogP contribution in [-0.2, 0) is 20.2 Å². The molecule has 0 unspecified atom stereocenters. The van der Waals surface area contributed by atoms with Crippen molar-refractivity contribution in [2.75, 3.05) is 22.6 Å². The van der Waals surface area contributed by atoms with Gasteiger partial charge < -0.3 is 26.3 Å². The quantitative estimate of drug-likeness (QED) is 0.0530. The van der Waals surface area contributed by atoms with Crippen LogP contribution in [0.2, 0.25) is 0 Å². The number of allylic oxidation sites excluding steroid dienone is 1. The molecular weight excluding hydrogens is 769 g/mol. The number of nitrogens with zero attached hydrogens (tertiary/aromatic N) is 5. The molecule has 7 N–H and O–H groups in total. The molecule has 20 heteroatoms. The Labute approximate surface area is 359 Å². The van der Waals surface area contributed by atoms with Crippen LogP contribution < -0.4 is 81.7 Å². The standard InChI is InChI=1S/C35H29N9O7S2.2Na/c1-19-15-28(27(37)18-26(19)36)42-39-24-11-7-20(8-12-24)21-9-13-25(14-10-21)41-43-33-29(52(46,47)48)16-22-17-30(53(49,50)51)34(35(45)31(22)32(33)38)44-40-23-5-3-2-4-6-23;;/h2-18,40H,36-38H2,1H3,(H,46,47,48)(H,49,50,51);;/q;2*+1/p-2/b42-39?,43-41?,44-34+;;. The third-order valence-electron chi connectivity index (χ3n) is 7.93. The van der Waals surface area contributed by atoms with Crippen LogP contribution in [0.25, 0.3) is 17.2 Å². The first-order chi connectivity index (χ1) is 25.1. The summed E-state index contributed by atoms with van der Waals surface area (Å²) < 4.78 is 73.4. The molecule has 268 valence electrons. The van der Waals surface area contributed by atoms with E-state index in [4.69, 9.17) is 17.2 Å². The van der Waals surface area contributed by atoms with Gasteiger partial charge in [0, 0.05) is 5.69 Å². The predicted molar refractivity (Wildman–Crippen MR) is 199 cm³/mol. The molecule has 0 saturated carbocycles. The van der Waals surface area contributed by atoms with E-state index in [9.17, 15) is 30.7 Å². The Hall–Kier alpha value is -4.60. The molecular formula is C35H27N9Na2O7S2. The number of hydrazone groups is 1. The zero-order valence-electron chi connectivity index (χ0n) is 29.5. The maximum absolute atomic E-state index is 13.6. The fraction of sp³-hybridized carbons (Fsp3) is 0.0286. The SMILES string of the molecule is Cc1cc(N=Nc2ccc(-c3ccc(N=Nc4c(S(=O)(=O)[O-])cc5c(c4N)C(=O)/C(=N/Nc4ccccc4)C(S(=O)(=O)[O-])=C5)cc3)cc2)c(N)cc1N.[Na+].[Na+]. The summed E-state index contributed by atoms with van der Waals surface area (Å²) in [6, 6.07) is 25.9. The first kappa shape index (κ1) is 43.1. The first-order valence-electron chi connectivity index (χ1n) is 15.3. The van der Waals surface area contributed by atoms with Crippen molar-refractivity contribution in [1.82, 2.24) is 0 Å². The van der Waals surface area contributed by atoms with Crippen molar-refractivity contribution in [2.45, 2.75) is 11.8 Å². The second-order valence-corrected chi connectivity index (χ2v) is 14.2. The van der Waals surface area contributed by atoms with E-state index in [2.05, 4.69) is 31.0 Å². The molecule has 5 aromatic rings. The normalized spacial score (nSPS) is 13.6. The minimum absolute atomic E-state index is 0. The summed E-state index contributed by atoms with van der Waals surface area (Å²) in [6.07, 6.45) is 0.723. The van der Waals surface area contributed by atoms with Crippen molar-refractivity contribution >= 4 is 83.3 Å². The second kappa shape index (κ2) is 17.5. The molecule has 0 heterocycles. The third-order valence-corrected chi connectivity index (χ3v) is 9.63. The van der Waals surface area contributed by atoms with Crippen LogP contribution >= 0.6 is 0 Å². The number of anilines is 4. The summed E-state index contributed by atoms with van der Waals surface area (Å²) >= 11 is 0. The van der Waals surface area contributed by atoms with Crippen LogP contribution in [-0.4, -0.2) is 37.4 Å². The number of nitrogens with two attached hydrogens (primary N) is 3. The van der Waals surface area contributed by atoms with E-state index in [1.165, 1.54) is 0 Å². The molecule has 0 spiro atoms. The van der Waals surface area contributed by atoms with Crippen LogP contribution in [0.1, 0.15) is 21.5 Å². The van der Waals surface area contributed by atoms with E-state index in [-0.39, 0.29) is 64.8 Å². The second-order valence-electron chi connectivity index (χ2n) is 11.5. The van der Waals surface area contributed by atoms with Gasteiger partial charge in [0.05, 0.1) is 43.8 Å². The molecule has 5 aromatic carbocycles. The number of hydrogen-bond acceptors (Lipinski definition) is 16. The molecule has 6 rings (SSSR count). The van der Waals surface area contributed by atoms with Gasteiger partial charge in [0.15, 0.2) is 0 Å². The number of nitrogens with one attached hydrogen (secondary N) is 1. The minimum Gasteiger partial charge on any atom is -0.744 e. The van der Waals surface area contributed by atoms with Crippen molar-refractivity contribution in [3.8, 4) is 11.1 Å². The Morgan fingerprint density at radius 1 is 0.673 bits per heavy atom. The maximum atomic E-state index is 13.6. The number of fused-ring (bicyclic) bond motifs is 1. The summed E-state index contributed by atoms with van der Waals surface area (Å²) in [5.74, 6) is -1.13. The number of nitrogen functional groups attached to an aromatic ring is 3. The largest absolute Gasteiger partial charge is 1.00 e. The number of Topliss-reactive ketones (excluding diaryl/α,β-unsaturated/α-hetero) is 1. The van der Waals surface area contributed by atoms with Gasteiger partial charge in [-0.3, -0.25) is 10.2 Å². The Bertz CT molecular complexity index is 2640. The molecule has 0 aliphatic heterocycles. The van der Waals surface area contributed by atoms with E-state index in [0.29, 0.717) is 34.5 Å². The monoisotopic (exact) mass is 795 g/mol. The molecule has 55 heavy (non-hydrogen) atoms. The summed E-state index contributed by atoms with van der Waals surface area (Å²) in [4.78, 5) is 11.6. The topological polar surface area (TPSA) is 283 Å². The van der Waals surface area contributed by atoms with Crippen LogP contribution in [0.4, 0.5) is 45.5 Å². The Balaban J connectivity index is 0.00000336. The number of para-hydroxylation sites is 1. The molecule has 0 radical (unpaired) electrons. The Morgan fingerprint density at radius 2 is 1.24 bits per heavy atom. The van der Waals surface area contributed by atoms with E-state index in [1.54, 1.807) is 78.9 Å². The zero-order chi connectivity index (χ0) is 38.1. The van der Waals surface area contributed by atoms with Crippen LogP contribution in [0, 0.1) is 6.92 Å². The van der Waals surface area contributed by atoms with Gasteiger partial charge in [0.1, 0.15) is 37.3 Å². The number of benzene rings is 5. The van der Waals surface area contributed by atoms with Gasteiger partial charge in [-0.15, -0.1) is 10.2 Å². The van der Waals surface area contributed by atoms with Gasteiger partial charge >= 0.3 is 59.1 Å². The van der Waals surface area contributed by atoms with Gasteiger partial charge in [-0.05, 0) is 89.9 Å². The molecule has 0 amide bonds. The Kier molecular flexibility index (Phi) is 13.7. The van der Waals surface area contributed by atoms with Gasteiger partial charge in [-0.25, -0.2) is 16.8 Å². The molecule has 1 aliphatic carbocycles. The predicted octanol–water partition coefficient (Wildman–Crippen LogP) is 0.702. The van der Waals surface area contributed by atoms with Crippen molar-refractivity contribution in [3.63, 3.8) is 0 Å². The number of aryl methyl sites for hydroxylation is 1. The van der Waals surface area contributed by atoms with E-state index >= 15 is 0 Å². The molecule has 0 atom stereocenters. The average molecular weight is 796 g/mol. The fourth-order valence-electron chi connectivity index (χ4n) is 5.19. The molecule has 0 saturated heterocycles. The van der Waals surface area contributed by atoms with Crippen LogP contribution in [0.3, 0.4) is 0 Å². The zero-order valence-corrected chi connectivity index (χ0v) is 35.1. The van der Waals surface area contributed by atoms with Gasteiger partial charge in [0.25, 0.3) is 0 Å². The van der Waals surface area contributed by atoms with Crippen molar-refractivity contribution < 1.29 is 89.9 Å². The smallest absolute Gasteiger partial charge is 0.744 e. The van der Waals surface area contributed by atoms with Gasteiger partial charge in [-0.2, -0.15) is 15.3 Å². The van der Waals surface area contributed by atoms with E-state index in [1.807, 2.05) is 19.1 Å². The fourth-order valence-corrected chi connectivity index (χ4v) is 6.50. The number of carbonyl (C=O) groups excluding carboxylic acids is 1. The Morgan fingerprint density at radius 3 is 1.78 bits per heavy atom. The minimum atomic E-state index is -5.32. The number of azo groups is 2. The number of carbonyl (C=O) groups is 1. The number of hydrogen-bond donors (Lipinski definition) is 4.